The number of nitrogens with zero attached hydrogens (tertiary/aromatic N) is 2. The normalized spacial score (nSPS) is 10.5. The molecule has 0 aliphatic heterocycles. The van der Waals surface area contributed by atoms with Crippen LogP contribution in [0.5, 0.6) is 0 Å². The van der Waals surface area contributed by atoms with Crippen LogP contribution in [-0.4, -0.2) is 19.6 Å². The Morgan fingerprint density at radius 1 is 1.16 bits per heavy atom. The number of unbranched alkanes of at least 4 members (excludes halogenated alkanes) is 2. The van der Waals surface area contributed by atoms with Crippen LogP contribution in [-0.2, 0) is 6.42 Å². The summed E-state index contributed by atoms with van der Waals surface area (Å²) in [6, 6.07) is 10.7. The Kier molecular flexibility index (Phi) is 6.11. The van der Waals surface area contributed by atoms with Crippen LogP contribution < -0.4 is 0 Å². The molecule has 4 heteroatoms. The van der Waals surface area contributed by atoms with Crippen LogP contribution in [0.25, 0.3) is 0 Å². The van der Waals surface area contributed by atoms with Crippen molar-refractivity contribution in [3.8, 4) is 0 Å². The highest BCUT2D eigenvalue weighted by atomic mass is 32.2. The fourth-order valence-corrected chi connectivity index (χ4v) is 2.99. The van der Waals surface area contributed by atoms with Gasteiger partial charge in [0.1, 0.15) is 10.6 Å². The van der Waals surface area contributed by atoms with Crippen molar-refractivity contribution in [2.24, 2.45) is 0 Å². The van der Waals surface area contributed by atoms with Crippen molar-refractivity contribution in [2.45, 2.75) is 25.7 Å². The van der Waals surface area contributed by atoms with E-state index >= 15 is 0 Å². The van der Waals surface area contributed by atoms with E-state index < -0.39 is 0 Å². The molecule has 2 aromatic rings. The number of hydrogen-bond donors (Lipinski definition) is 0. The van der Waals surface area contributed by atoms with Crippen LogP contribution in [0.4, 0.5) is 0 Å². The Morgan fingerprint density at radius 2 is 2.00 bits per heavy atom. The summed E-state index contributed by atoms with van der Waals surface area (Å²) in [4.78, 5) is 4.00. The minimum absolute atomic E-state index is 0.889. The smallest absolute Gasteiger partial charge is 0.145 e. The maximum absolute atomic E-state index is 5.31. The molecule has 0 N–H and O–H groups in total. The Bertz CT molecular complexity index is 480. The lowest BCUT2D eigenvalue weighted by Crippen LogP contribution is -2.02. The fourth-order valence-electron chi connectivity index (χ4n) is 1.85. The summed E-state index contributed by atoms with van der Waals surface area (Å²) in [7, 11) is 0. The molecule has 0 aliphatic rings. The molecular weight excluding hydrogens is 272 g/mol. The van der Waals surface area contributed by atoms with Gasteiger partial charge in [0.2, 0.25) is 0 Å². The van der Waals surface area contributed by atoms with Gasteiger partial charge in [0.05, 0.1) is 0 Å². The molecule has 2 nitrogen and oxygen atoms in total. The molecule has 0 fully saturated rings. The van der Waals surface area contributed by atoms with E-state index in [1.54, 1.807) is 24.3 Å². The standard InChI is InChI=1S/C15H18N2S2/c18-15(17-11-10-16-13-17)19-12-6-2-5-9-14-7-3-1-4-8-14/h1,3-4,7-8,10-11,13H,2,5-6,9,12H2. The zero-order chi connectivity index (χ0) is 13.3. The second-order valence-corrected chi connectivity index (χ2v) is 6.11. The third kappa shape index (κ3) is 5.17. The second kappa shape index (κ2) is 8.12. The van der Waals surface area contributed by atoms with Crippen molar-refractivity contribution in [2.75, 3.05) is 5.75 Å². The van der Waals surface area contributed by atoms with Gasteiger partial charge >= 0.3 is 0 Å². The maximum Gasteiger partial charge on any atom is 0.145 e. The maximum atomic E-state index is 5.31. The van der Waals surface area contributed by atoms with Crippen molar-refractivity contribution < 1.29 is 0 Å². The van der Waals surface area contributed by atoms with E-state index in [9.17, 15) is 0 Å². The third-order valence-electron chi connectivity index (χ3n) is 2.89. The van der Waals surface area contributed by atoms with Gasteiger partial charge in [-0.3, -0.25) is 4.57 Å². The summed E-state index contributed by atoms with van der Waals surface area (Å²) in [5, 5.41) is 0. The van der Waals surface area contributed by atoms with Gasteiger partial charge in [0, 0.05) is 18.1 Å². The molecule has 0 radical (unpaired) electrons. The lowest BCUT2D eigenvalue weighted by molar-refractivity contribution is 0.723. The van der Waals surface area contributed by atoms with Crippen LogP contribution in [0.1, 0.15) is 24.8 Å². The van der Waals surface area contributed by atoms with Crippen LogP contribution in [0.3, 0.4) is 0 Å². The highest BCUT2D eigenvalue weighted by Gasteiger charge is 1.99. The first-order valence-corrected chi connectivity index (χ1v) is 7.94. The zero-order valence-electron chi connectivity index (χ0n) is 10.9. The summed E-state index contributed by atoms with van der Waals surface area (Å²) in [6.07, 6.45) is 10.3. The molecule has 0 bridgehead atoms. The summed E-state index contributed by atoms with van der Waals surface area (Å²) < 4.78 is 2.78. The monoisotopic (exact) mass is 290 g/mol. The van der Waals surface area contributed by atoms with Crippen molar-refractivity contribution >= 4 is 28.3 Å². The van der Waals surface area contributed by atoms with E-state index in [0.717, 1.165) is 10.1 Å². The van der Waals surface area contributed by atoms with Gasteiger partial charge in [-0.15, -0.1) is 0 Å². The minimum Gasteiger partial charge on any atom is -0.291 e. The number of thioether (sulfide) groups is 1. The Balaban J connectivity index is 1.54. The van der Waals surface area contributed by atoms with Crippen molar-refractivity contribution in [1.29, 1.82) is 0 Å². The predicted molar refractivity (Wildman–Crippen MR) is 86.7 cm³/mol. The van der Waals surface area contributed by atoms with Crippen molar-refractivity contribution in [3.05, 3.63) is 54.6 Å². The molecule has 0 spiro atoms. The molecule has 0 amide bonds. The summed E-state index contributed by atoms with van der Waals surface area (Å²) in [5.41, 5.74) is 1.43. The molecule has 1 aromatic carbocycles. The van der Waals surface area contributed by atoms with Gasteiger partial charge in [-0.25, -0.2) is 4.98 Å². The summed E-state index contributed by atoms with van der Waals surface area (Å²) >= 11 is 7.05. The third-order valence-corrected chi connectivity index (χ3v) is 4.41. The first kappa shape index (κ1) is 14.3. The van der Waals surface area contributed by atoms with Gasteiger partial charge in [0.25, 0.3) is 0 Å². The van der Waals surface area contributed by atoms with Crippen LogP contribution in [0, 0.1) is 0 Å². The number of thiocarbonyl (C=S) groups is 1. The number of hydrogen-bond acceptors (Lipinski definition) is 3. The molecule has 2 rings (SSSR count). The summed E-state index contributed by atoms with van der Waals surface area (Å²) in [5.74, 6) is 1.09. The van der Waals surface area contributed by atoms with Gasteiger partial charge in [0.15, 0.2) is 0 Å². The Labute approximate surface area is 124 Å². The first-order chi connectivity index (χ1) is 9.36. The average molecular weight is 290 g/mol. The van der Waals surface area contributed by atoms with E-state index in [1.807, 2.05) is 10.8 Å². The molecular formula is C15H18N2S2. The van der Waals surface area contributed by atoms with E-state index in [-0.39, 0.29) is 0 Å². The van der Waals surface area contributed by atoms with Gasteiger partial charge < -0.3 is 0 Å². The van der Waals surface area contributed by atoms with Crippen molar-refractivity contribution in [1.82, 2.24) is 9.55 Å². The zero-order valence-corrected chi connectivity index (χ0v) is 12.5. The van der Waals surface area contributed by atoms with E-state index in [2.05, 4.69) is 35.3 Å². The average Bonchev–Trinajstić information content (AvgIpc) is 2.98. The topological polar surface area (TPSA) is 17.8 Å². The number of imidazole rings is 1. The van der Waals surface area contributed by atoms with E-state index in [4.69, 9.17) is 12.2 Å². The number of aromatic nitrogens is 2. The van der Waals surface area contributed by atoms with E-state index in [1.165, 1.54) is 31.2 Å². The SMILES string of the molecule is S=C(SCCCCCc1ccccc1)n1ccnc1. The summed E-state index contributed by atoms with van der Waals surface area (Å²) in [6.45, 7) is 0. The Hall–Kier alpha value is -1.13. The number of aryl methyl sites for hydroxylation is 1. The van der Waals surface area contributed by atoms with Crippen LogP contribution in [0.2, 0.25) is 0 Å². The van der Waals surface area contributed by atoms with Crippen molar-refractivity contribution in [3.63, 3.8) is 0 Å². The molecule has 100 valence electrons. The second-order valence-electron chi connectivity index (χ2n) is 4.38. The van der Waals surface area contributed by atoms with Gasteiger partial charge in [-0.1, -0.05) is 60.7 Å². The molecule has 0 atom stereocenters. The highest BCUT2D eigenvalue weighted by Crippen LogP contribution is 2.12. The lowest BCUT2D eigenvalue weighted by atomic mass is 10.1. The Morgan fingerprint density at radius 3 is 2.74 bits per heavy atom. The molecule has 0 saturated heterocycles. The molecule has 0 aliphatic carbocycles. The number of benzene rings is 1. The quantitative estimate of drug-likeness (QED) is 0.587. The molecule has 19 heavy (non-hydrogen) atoms. The van der Waals surface area contributed by atoms with E-state index in [0.29, 0.717) is 0 Å². The van der Waals surface area contributed by atoms with Gasteiger partial charge in [-0.05, 0) is 24.8 Å². The van der Waals surface area contributed by atoms with Gasteiger partial charge in [-0.2, -0.15) is 0 Å². The van der Waals surface area contributed by atoms with Crippen LogP contribution in [0.15, 0.2) is 49.1 Å². The molecule has 1 aromatic heterocycles. The molecule has 0 saturated carbocycles. The molecule has 0 unspecified atom stereocenters. The lowest BCUT2D eigenvalue weighted by Gasteiger charge is -2.04. The fraction of sp³-hybridized carbons (Fsp3) is 0.333. The minimum atomic E-state index is 0.889. The predicted octanol–water partition coefficient (Wildman–Crippen LogP) is 4.16. The largest absolute Gasteiger partial charge is 0.291 e. The first-order valence-electron chi connectivity index (χ1n) is 6.55. The number of rotatable bonds is 6. The van der Waals surface area contributed by atoms with Crippen LogP contribution >= 0.6 is 24.0 Å². The molecule has 1 heterocycles. The highest BCUT2D eigenvalue weighted by molar-refractivity contribution is 8.23.